The molecular formula is C11H11Cl. The second kappa shape index (κ2) is 3.59. The molecule has 0 saturated heterocycles. The van der Waals surface area contributed by atoms with E-state index < -0.39 is 0 Å². The molecule has 0 bridgehead atoms. The van der Waals surface area contributed by atoms with E-state index in [1.54, 1.807) is 12.2 Å². The summed E-state index contributed by atoms with van der Waals surface area (Å²) in [5, 5.41) is 0.727. The fourth-order valence-corrected chi connectivity index (χ4v) is 1.44. The Morgan fingerprint density at radius 1 is 1.17 bits per heavy atom. The number of hydrogen-bond acceptors (Lipinski definition) is 0. The van der Waals surface area contributed by atoms with Crippen molar-refractivity contribution in [2.24, 2.45) is 0 Å². The monoisotopic (exact) mass is 178 g/mol. The zero-order valence-corrected chi connectivity index (χ0v) is 7.86. The minimum absolute atomic E-state index is 0.727. The number of hydrogen-bond donors (Lipinski definition) is 0. The summed E-state index contributed by atoms with van der Waals surface area (Å²) in [7, 11) is 0. The first kappa shape index (κ1) is 9.08. The molecule has 0 radical (unpaired) electrons. The van der Waals surface area contributed by atoms with Crippen molar-refractivity contribution in [3.63, 3.8) is 0 Å². The maximum atomic E-state index is 5.96. The Morgan fingerprint density at radius 2 is 1.75 bits per heavy atom. The highest BCUT2D eigenvalue weighted by atomic mass is 35.5. The van der Waals surface area contributed by atoms with Crippen molar-refractivity contribution in [2.75, 3.05) is 0 Å². The van der Waals surface area contributed by atoms with Crippen LogP contribution < -0.4 is 0 Å². The van der Waals surface area contributed by atoms with Gasteiger partial charge in [-0.25, -0.2) is 0 Å². The molecule has 0 unspecified atom stereocenters. The molecule has 0 aromatic heterocycles. The predicted molar refractivity (Wildman–Crippen MR) is 56.4 cm³/mol. The molecule has 0 heterocycles. The van der Waals surface area contributed by atoms with Gasteiger partial charge in [0, 0.05) is 5.02 Å². The summed E-state index contributed by atoms with van der Waals surface area (Å²) in [6.45, 7) is 9.47. The van der Waals surface area contributed by atoms with Crippen LogP contribution in [0.25, 0.3) is 12.2 Å². The highest BCUT2D eigenvalue weighted by molar-refractivity contribution is 6.32. The molecule has 1 heteroatoms. The van der Waals surface area contributed by atoms with E-state index in [0.717, 1.165) is 16.1 Å². The van der Waals surface area contributed by atoms with Gasteiger partial charge in [-0.3, -0.25) is 0 Å². The highest BCUT2D eigenvalue weighted by Crippen LogP contribution is 2.24. The third kappa shape index (κ3) is 1.44. The van der Waals surface area contributed by atoms with E-state index in [9.17, 15) is 0 Å². The van der Waals surface area contributed by atoms with Gasteiger partial charge in [-0.2, -0.15) is 0 Å². The van der Waals surface area contributed by atoms with Gasteiger partial charge in [0.15, 0.2) is 0 Å². The van der Waals surface area contributed by atoms with Crippen molar-refractivity contribution in [3.05, 3.63) is 47.0 Å². The van der Waals surface area contributed by atoms with Gasteiger partial charge < -0.3 is 0 Å². The molecule has 1 aromatic carbocycles. The average molecular weight is 179 g/mol. The molecule has 0 amide bonds. The zero-order valence-electron chi connectivity index (χ0n) is 7.10. The van der Waals surface area contributed by atoms with E-state index in [0.29, 0.717) is 0 Å². The van der Waals surface area contributed by atoms with E-state index >= 15 is 0 Å². The van der Waals surface area contributed by atoms with E-state index in [2.05, 4.69) is 13.2 Å². The van der Waals surface area contributed by atoms with E-state index in [1.165, 1.54) is 5.56 Å². The number of benzene rings is 1. The van der Waals surface area contributed by atoms with Gasteiger partial charge in [0.2, 0.25) is 0 Å². The van der Waals surface area contributed by atoms with Crippen LogP contribution >= 0.6 is 11.6 Å². The Morgan fingerprint density at radius 3 is 2.17 bits per heavy atom. The minimum atomic E-state index is 0.727. The molecule has 0 atom stereocenters. The van der Waals surface area contributed by atoms with Crippen LogP contribution in [0.4, 0.5) is 0 Å². The number of aryl methyl sites for hydroxylation is 1. The van der Waals surface area contributed by atoms with Crippen LogP contribution in [-0.2, 0) is 0 Å². The van der Waals surface area contributed by atoms with Gasteiger partial charge in [-0.15, -0.1) is 0 Å². The molecule has 1 aromatic rings. The summed E-state index contributed by atoms with van der Waals surface area (Å²) >= 11 is 5.96. The topological polar surface area (TPSA) is 0 Å². The lowest BCUT2D eigenvalue weighted by Gasteiger charge is -2.06. The lowest BCUT2D eigenvalue weighted by molar-refractivity contribution is 1.43. The molecule has 0 N–H and O–H groups in total. The molecule has 1 rings (SSSR count). The van der Waals surface area contributed by atoms with Gasteiger partial charge >= 0.3 is 0 Å². The number of halogens is 1. The Labute approximate surface area is 78.2 Å². The summed E-state index contributed by atoms with van der Waals surface area (Å²) in [6.07, 6.45) is 3.56. The smallest absolute Gasteiger partial charge is 0.0484 e. The lowest BCUT2D eigenvalue weighted by atomic mass is 10.0. The van der Waals surface area contributed by atoms with E-state index in [-0.39, 0.29) is 0 Å². The predicted octanol–water partition coefficient (Wildman–Crippen LogP) is 3.93. The highest BCUT2D eigenvalue weighted by Gasteiger charge is 2.02. The van der Waals surface area contributed by atoms with Gasteiger partial charge in [0.25, 0.3) is 0 Å². The minimum Gasteiger partial charge on any atom is -0.0984 e. The maximum absolute atomic E-state index is 5.96. The molecular weight excluding hydrogens is 168 g/mol. The van der Waals surface area contributed by atoms with Crippen molar-refractivity contribution < 1.29 is 0 Å². The average Bonchev–Trinajstić information content (AvgIpc) is 2.08. The Kier molecular flexibility index (Phi) is 2.72. The SMILES string of the molecule is C=Cc1c(C)ccc(Cl)c1C=C. The van der Waals surface area contributed by atoms with Crippen LogP contribution in [0.15, 0.2) is 25.3 Å². The third-order valence-electron chi connectivity index (χ3n) is 1.86. The summed E-state index contributed by atoms with van der Waals surface area (Å²) in [5.74, 6) is 0. The normalized spacial score (nSPS) is 9.50. The Balaban J connectivity index is 3.48. The molecule has 0 nitrogen and oxygen atoms in total. The quantitative estimate of drug-likeness (QED) is 0.644. The first-order valence-corrected chi connectivity index (χ1v) is 4.12. The molecule has 0 aliphatic carbocycles. The fourth-order valence-electron chi connectivity index (χ4n) is 1.20. The maximum Gasteiger partial charge on any atom is 0.0484 e. The third-order valence-corrected chi connectivity index (χ3v) is 2.19. The molecule has 62 valence electrons. The van der Waals surface area contributed by atoms with Crippen LogP contribution in [-0.4, -0.2) is 0 Å². The molecule has 0 aliphatic heterocycles. The summed E-state index contributed by atoms with van der Waals surface area (Å²) < 4.78 is 0. The van der Waals surface area contributed by atoms with Gasteiger partial charge in [-0.05, 0) is 29.7 Å². The van der Waals surface area contributed by atoms with Crippen molar-refractivity contribution in [1.82, 2.24) is 0 Å². The Bertz CT molecular complexity index is 291. The van der Waals surface area contributed by atoms with Crippen molar-refractivity contribution in [1.29, 1.82) is 0 Å². The Hall–Kier alpha value is -1.01. The van der Waals surface area contributed by atoms with Gasteiger partial charge in [0.1, 0.15) is 0 Å². The molecule has 0 fully saturated rings. The van der Waals surface area contributed by atoms with Crippen LogP contribution in [0.1, 0.15) is 16.7 Å². The van der Waals surface area contributed by atoms with Crippen LogP contribution in [0, 0.1) is 6.92 Å². The molecule has 0 saturated carbocycles. The first-order valence-electron chi connectivity index (χ1n) is 3.74. The van der Waals surface area contributed by atoms with Gasteiger partial charge in [-0.1, -0.05) is 43.0 Å². The lowest BCUT2D eigenvalue weighted by Crippen LogP contribution is -1.86. The fraction of sp³-hybridized carbons (Fsp3) is 0.0909. The zero-order chi connectivity index (χ0) is 9.14. The summed E-state index contributed by atoms with van der Waals surface area (Å²) in [5.41, 5.74) is 3.20. The first-order chi connectivity index (χ1) is 5.70. The molecule has 0 aliphatic rings. The van der Waals surface area contributed by atoms with Gasteiger partial charge in [0.05, 0.1) is 0 Å². The summed E-state index contributed by atoms with van der Waals surface area (Å²) in [4.78, 5) is 0. The summed E-state index contributed by atoms with van der Waals surface area (Å²) in [6, 6.07) is 3.85. The van der Waals surface area contributed by atoms with Crippen molar-refractivity contribution in [2.45, 2.75) is 6.92 Å². The molecule has 0 spiro atoms. The second-order valence-corrected chi connectivity index (χ2v) is 3.01. The number of rotatable bonds is 2. The van der Waals surface area contributed by atoms with E-state index in [4.69, 9.17) is 11.6 Å². The second-order valence-electron chi connectivity index (χ2n) is 2.60. The van der Waals surface area contributed by atoms with Crippen LogP contribution in [0.5, 0.6) is 0 Å². The van der Waals surface area contributed by atoms with Crippen LogP contribution in [0.2, 0.25) is 5.02 Å². The van der Waals surface area contributed by atoms with E-state index in [1.807, 2.05) is 19.1 Å². The molecule has 12 heavy (non-hydrogen) atoms. The largest absolute Gasteiger partial charge is 0.0984 e. The van der Waals surface area contributed by atoms with Crippen molar-refractivity contribution >= 4 is 23.8 Å². The van der Waals surface area contributed by atoms with Crippen LogP contribution in [0.3, 0.4) is 0 Å². The standard InChI is InChI=1S/C11H11Cl/c1-4-9-8(3)6-7-11(12)10(9)5-2/h4-7H,1-2H2,3H3. The van der Waals surface area contributed by atoms with Crippen molar-refractivity contribution in [3.8, 4) is 0 Å².